The van der Waals surface area contributed by atoms with E-state index in [9.17, 15) is 0 Å². The molecule has 0 saturated carbocycles. The fourth-order valence-corrected chi connectivity index (χ4v) is 2.91. The van der Waals surface area contributed by atoms with Crippen molar-refractivity contribution in [3.8, 4) is 0 Å². The van der Waals surface area contributed by atoms with Crippen LogP contribution in [0.15, 0.2) is 5.51 Å². The van der Waals surface area contributed by atoms with Crippen LogP contribution in [-0.2, 0) is 6.54 Å². The van der Waals surface area contributed by atoms with E-state index >= 15 is 0 Å². The van der Waals surface area contributed by atoms with E-state index < -0.39 is 0 Å². The minimum atomic E-state index is 0.569. The molecule has 1 fully saturated rings. The van der Waals surface area contributed by atoms with Gasteiger partial charge in [0.05, 0.1) is 11.2 Å². The average molecular weight is 239 g/mol. The second kappa shape index (κ2) is 5.75. The van der Waals surface area contributed by atoms with Gasteiger partial charge in [0.15, 0.2) is 0 Å². The lowest BCUT2D eigenvalue weighted by Crippen LogP contribution is -2.37. The number of likely N-dealkylation sites (tertiary alicyclic amines) is 1. The molecule has 1 aromatic heterocycles. The standard InChI is InChI=1S/C12H21N3S/c1-10(8-15-5-3-4-6-15)13-7-12-11(2)14-9-16-12/h9-10,13H,3-8H2,1-2H3. The van der Waals surface area contributed by atoms with Gasteiger partial charge in [-0.25, -0.2) is 4.98 Å². The van der Waals surface area contributed by atoms with Crippen molar-refractivity contribution in [2.45, 2.75) is 39.3 Å². The maximum absolute atomic E-state index is 4.27. The van der Waals surface area contributed by atoms with Crippen LogP contribution >= 0.6 is 11.3 Å². The minimum absolute atomic E-state index is 0.569. The number of rotatable bonds is 5. The highest BCUT2D eigenvalue weighted by Gasteiger charge is 2.14. The molecule has 90 valence electrons. The number of hydrogen-bond donors (Lipinski definition) is 1. The lowest BCUT2D eigenvalue weighted by atomic mass is 10.3. The topological polar surface area (TPSA) is 28.2 Å². The zero-order valence-electron chi connectivity index (χ0n) is 10.2. The van der Waals surface area contributed by atoms with E-state index in [0.717, 1.165) is 6.54 Å². The summed E-state index contributed by atoms with van der Waals surface area (Å²) in [6.07, 6.45) is 2.75. The van der Waals surface area contributed by atoms with Crippen molar-refractivity contribution in [1.29, 1.82) is 0 Å². The monoisotopic (exact) mass is 239 g/mol. The number of nitrogens with one attached hydrogen (secondary N) is 1. The highest BCUT2D eigenvalue weighted by atomic mass is 32.1. The van der Waals surface area contributed by atoms with Crippen molar-refractivity contribution in [2.75, 3.05) is 19.6 Å². The first-order valence-electron chi connectivity index (χ1n) is 6.10. The molecule has 0 aromatic carbocycles. The van der Waals surface area contributed by atoms with E-state index in [1.165, 1.54) is 43.0 Å². The number of thiazole rings is 1. The molecule has 0 radical (unpaired) electrons. The summed E-state index contributed by atoms with van der Waals surface area (Å²) in [6.45, 7) is 9.06. The second-order valence-corrected chi connectivity index (χ2v) is 5.59. The predicted octanol–water partition coefficient (Wildman–Crippen LogP) is 2.03. The molecule has 1 aliphatic heterocycles. The summed E-state index contributed by atoms with van der Waals surface area (Å²) >= 11 is 1.75. The summed E-state index contributed by atoms with van der Waals surface area (Å²) in [6, 6.07) is 0.569. The molecule has 0 aliphatic carbocycles. The van der Waals surface area contributed by atoms with Crippen LogP contribution in [0.2, 0.25) is 0 Å². The molecular weight excluding hydrogens is 218 g/mol. The largest absolute Gasteiger partial charge is 0.308 e. The van der Waals surface area contributed by atoms with E-state index in [0.29, 0.717) is 6.04 Å². The molecule has 4 heteroatoms. The van der Waals surface area contributed by atoms with E-state index in [2.05, 4.69) is 29.0 Å². The number of nitrogens with zero attached hydrogens (tertiary/aromatic N) is 2. The van der Waals surface area contributed by atoms with Gasteiger partial charge in [-0.05, 0) is 39.8 Å². The second-order valence-electron chi connectivity index (χ2n) is 4.65. The van der Waals surface area contributed by atoms with Gasteiger partial charge < -0.3 is 10.2 Å². The van der Waals surface area contributed by atoms with Crippen molar-refractivity contribution < 1.29 is 0 Å². The molecule has 2 heterocycles. The molecule has 1 aliphatic rings. The van der Waals surface area contributed by atoms with Gasteiger partial charge in [0.1, 0.15) is 0 Å². The fraction of sp³-hybridized carbons (Fsp3) is 0.750. The third-order valence-electron chi connectivity index (χ3n) is 3.19. The Kier molecular flexibility index (Phi) is 4.32. The quantitative estimate of drug-likeness (QED) is 0.852. The minimum Gasteiger partial charge on any atom is -0.308 e. The summed E-state index contributed by atoms with van der Waals surface area (Å²) in [4.78, 5) is 8.19. The van der Waals surface area contributed by atoms with Gasteiger partial charge in [-0.1, -0.05) is 0 Å². The third-order valence-corrected chi connectivity index (χ3v) is 4.12. The van der Waals surface area contributed by atoms with Gasteiger partial charge in [-0.2, -0.15) is 0 Å². The van der Waals surface area contributed by atoms with E-state index in [1.54, 1.807) is 11.3 Å². The Morgan fingerprint density at radius 3 is 2.88 bits per heavy atom. The molecule has 1 saturated heterocycles. The summed E-state index contributed by atoms with van der Waals surface area (Å²) in [5.74, 6) is 0. The van der Waals surface area contributed by atoms with Crippen molar-refractivity contribution >= 4 is 11.3 Å². The number of aromatic nitrogens is 1. The molecule has 1 unspecified atom stereocenters. The Labute approximate surface area is 102 Å². The first-order chi connectivity index (χ1) is 7.75. The number of aryl methyl sites for hydroxylation is 1. The van der Waals surface area contributed by atoms with Gasteiger partial charge >= 0.3 is 0 Å². The Morgan fingerprint density at radius 2 is 2.25 bits per heavy atom. The predicted molar refractivity (Wildman–Crippen MR) is 68.8 cm³/mol. The van der Waals surface area contributed by atoms with Gasteiger partial charge in [-0.15, -0.1) is 11.3 Å². The first-order valence-corrected chi connectivity index (χ1v) is 6.98. The lowest BCUT2D eigenvalue weighted by molar-refractivity contribution is 0.298. The van der Waals surface area contributed by atoms with E-state index in [1.807, 2.05) is 5.51 Å². The summed E-state index contributed by atoms with van der Waals surface area (Å²) in [5.41, 5.74) is 3.10. The molecule has 0 amide bonds. The highest BCUT2D eigenvalue weighted by Crippen LogP contribution is 2.12. The van der Waals surface area contributed by atoms with Crippen LogP contribution in [0.4, 0.5) is 0 Å². The smallest absolute Gasteiger partial charge is 0.0798 e. The van der Waals surface area contributed by atoms with Gasteiger partial charge in [-0.3, -0.25) is 0 Å². The first kappa shape index (κ1) is 12.0. The molecule has 0 spiro atoms. The number of hydrogen-bond acceptors (Lipinski definition) is 4. The highest BCUT2D eigenvalue weighted by molar-refractivity contribution is 7.09. The van der Waals surface area contributed by atoms with Crippen molar-refractivity contribution in [2.24, 2.45) is 0 Å². The van der Waals surface area contributed by atoms with E-state index in [4.69, 9.17) is 0 Å². The zero-order valence-corrected chi connectivity index (χ0v) is 11.0. The SMILES string of the molecule is Cc1ncsc1CNC(C)CN1CCCC1. The molecule has 1 atom stereocenters. The van der Waals surface area contributed by atoms with Crippen molar-refractivity contribution in [3.63, 3.8) is 0 Å². The molecule has 1 aromatic rings. The van der Waals surface area contributed by atoms with Gasteiger partial charge in [0.2, 0.25) is 0 Å². The van der Waals surface area contributed by atoms with Gasteiger partial charge in [0.25, 0.3) is 0 Å². The normalized spacial score (nSPS) is 19.1. The average Bonchev–Trinajstić information content (AvgIpc) is 2.87. The van der Waals surface area contributed by atoms with E-state index in [-0.39, 0.29) is 0 Å². The Balaban J connectivity index is 1.71. The van der Waals surface area contributed by atoms with Crippen LogP contribution in [0.25, 0.3) is 0 Å². The van der Waals surface area contributed by atoms with Crippen LogP contribution in [0.3, 0.4) is 0 Å². The third kappa shape index (κ3) is 3.27. The van der Waals surface area contributed by atoms with Crippen molar-refractivity contribution in [1.82, 2.24) is 15.2 Å². The zero-order chi connectivity index (χ0) is 11.4. The summed E-state index contributed by atoms with van der Waals surface area (Å²) in [7, 11) is 0. The maximum atomic E-state index is 4.27. The fourth-order valence-electron chi connectivity index (χ4n) is 2.18. The Bertz CT molecular complexity index is 318. The summed E-state index contributed by atoms with van der Waals surface area (Å²) < 4.78 is 0. The Hall–Kier alpha value is -0.450. The van der Waals surface area contributed by atoms with Crippen LogP contribution in [0.1, 0.15) is 30.3 Å². The van der Waals surface area contributed by atoms with Crippen LogP contribution in [0, 0.1) is 6.92 Å². The molecule has 16 heavy (non-hydrogen) atoms. The van der Waals surface area contributed by atoms with Gasteiger partial charge in [0, 0.05) is 24.0 Å². The van der Waals surface area contributed by atoms with Crippen molar-refractivity contribution in [3.05, 3.63) is 16.1 Å². The molecule has 2 rings (SSSR count). The molecule has 1 N–H and O–H groups in total. The molecule has 0 bridgehead atoms. The van der Waals surface area contributed by atoms with Crippen LogP contribution in [-0.4, -0.2) is 35.6 Å². The summed E-state index contributed by atoms with van der Waals surface area (Å²) in [5, 5.41) is 3.58. The maximum Gasteiger partial charge on any atom is 0.0798 e. The molecular formula is C12H21N3S. The lowest BCUT2D eigenvalue weighted by Gasteiger charge is -2.21. The van der Waals surface area contributed by atoms with Crippen LogP contribution in [0.5, 0.6) is 0 Å². The van der Waals surface area contributed by atoms with Crippen LogP contribution < -0.4 is 5.32 Å². The Morgan fingerprint density at radius 1 is 1.50 bits per heavy atom. The molecule has 3 nitrogen and oxygen atoms in total.